The third-order valence-corrected chi connectivity index (χ3v) is 4.82. The van der Waals surface area contributed by atoms with Gasteiger partial charge in [-0.1, -0.05) is 32.0 Å². The minimum atomic E-state index is -0.0668. The minimum absolute atomic E-state index is 0.0668. The average molecular weight is 345 g/mol. The van der Waals surface area contributed by atoms with Gasteiger partial charge in [-0.3, -0.25) is 14.5 Å². The predicted octanol–water partition coefficient (Wildman–Crippen LogP) is 2.90. The fourth-order valence-electron chi connectivity index (χ4n) is 3.19. The van der Waals surface area contributed by atoms with Gasteiger partial charge in [0.1, 0.15) is 0 Å². The van der Waals surface area contributed by atoms with Crippen molar-refractivity contribution in [3.05, 3.63) is 29.8 Å². The summed E-state index contributed by atoms with van der Waals surface area (Å²) in [5, 5.41) is 2.95. The van der Waals surface area contributed by atoms with Gasteiger partial charge in [-0.05, 0) is 50.3 Å². The standard InChI is InChI=1S/C20H31N3O2/c1-4-11-22(15-20(25)23-12-9-16(2)10-13-23)14-19(24)21-18-8-6-5-7-17(18)3/h5-8,16H,4,9-15H2,1-3H3,(H,21,24). The molecular weight excluding hydrogens is 314 g/mol. The van der Waals surface area contributed by atoms with Gasteiger partial charge in [-0.25, -0.2) is 0 Å². The Hall–Kier alpha value is -1.88. The highest BCUT2D eigenvalue weighted by Crippen LogP contribution is 2.16. The number of rotatable bonds is 7. The van der Waals surface area contributed by atoms with Crippen molar-refractivity contribution < 1.29 is 9.59 Å². The van der Waals surface area contributed by atoms with E-state index in [1.165, 1.54) is 0 Å². The van der Waals surface area contributed by atoms with E-state index >= 15 is 0 Å². The Morgan fingerprint density at radius 1 is 1.20 bits per heavy atom. The normalized spacial score (nSPS) is 15.4. The van der Waals surface area contributed by atoms with Crippen LogP contribution in [0.2, 0.25) is 0 Å². The summed E-state index contributed by atoms with van der Waals surface area (Å²) in [6.07, 6.45) is 3.07. The van der Waals surface area contributed by atoms with E-state index < -0.39 is 0 Å². The first-order chi connectivity index (χ1) is 12.0. The fraction of sp³-hybridized carbons (Fsp3) is 0.600. The predicted molar refractivity (Wildman–Crippen MR) is 102 cm³/mol. The maximum atomic E-state index is 12.5. The number of nitrogens with zero attached hydrogens (tertiary/aromatic N) is 2. The molecule has 1 aromatic rings. The number of carbonyl (C=O) groups excluding carboxylic acids is 2. The van der Waals surface area contributed by atoms with Crippen LogP contribution in [0.15, 0.2) is 24.3 Å². The van der Waals surface area contributed by atoms with E-state index in [-0.39, 0.29) is 18.4 Å². The van der Waals surface area contributed by atoms with E-state index in [0.717, 1.165) is 50.1 Å². The van der Waals surface area contributed by atoms with E-state index in [9.17, 15) is 9.59 Å². The van der Waals surface area contributed by atoms with Crippen LogP contribution in [0.4, 0.5) is 5.69 Å². The van der Waals surface area contributed by atoms with Gasteiger partial charge in [0, 0.05) is 18.8 Å². The van der Waals surface area contributed by atoms with Crippen molar-refractivity contribution >= 4 is 17.5 Å². The SMILES string of the molecule is CCCN(CC(=O)Nc1ccccc1C)CC(=O)N1CCC(C)CC1. The van der Waals surface area contributed by atoms with Crippen molar-refractivity contribution in [3.8, 4) is 0 Å². The van der Waals surface area contributed by atoms with Crippen LogP contribution in [-0.2, 0) is 9.59 Å². The molecule has 0 atom stereocenters. The number of para-hydroxylation sites is 1. The van der Waals surface area contributed by atoms with Crippen molar-refractivity contribution in [1.29, 1.82) is 0 Å². The van der Waals surface area contributed by atoms with E-state index in [1.807, 2.05) is 41.0 Å². The Morgan fingerprint density at radius 3 is 2.52 bits per heavy atom. The molecule has 5 nitrogen and oxygen atoms in total. The van der Waals surface area contributed by atoms with Crippen LogP contribution in [0.1, 0.15) is 38.7 Å². The number of benzene rings is 1. The first-order valence-electron chi connectivity index (χ1n) is 9.35. The molecule has 1 heterocycles. The molecule has 0 saturated carbocycles. The number of carbonyl (C=O) groups is 2. The molecule has 0 bridgehead atoms. The van der Waals surface area contributed by atoms with Crippen LogP contribution >= 0.6 is 0 Å². The zero-order valence-electron chi connectivity index (χ0n) is 15.8. The van der Waals surface area contributed by atoms with Gasteiger partial charge >= 0.3 is 0 Å². The summed E-state index contributed by atoms with van der Waals surface area (Å²) in [6.45, 7) is 9.28. The smallest absolute Gasteiger partial charge is 0.238 e. The second-order valence-corrected chi connectivity index (χ2v) is 7.14. The van der Waals surface area contributed by atoms with Crippen LogP contribution in [0.25, 0.3) is 0 Å². The number of hydrogen-bond acceptors (Lipinski definition) is 3. The molecule has 0 unspecified atom stereocenters. The molecule has 0 radical (unpaired) electrons. The molecule has 138 valence electrons. The van der Waals surface area contributed by atoms with E-state index in [0.29, 0.717) is 12.5 Å². The second-order valence-electron chi connectivity index (χ2n) is 7.14. The zero-order chi connectivity index (χ0) is 18.2. The lowest BCUT2D eigenvalue weighted by Gasteiger charge is -2.32. The fourth-order valence-corrected chi connectivity index (χ4v) is 3.19. The zero-order valence-corrected chi connectivity index (χ0v) is 15.8. The van der Waals surface area contributed by atoms with Crippen LogP contribution in [-0.4, -0.2) is 54.3 Å². The summed E-state index contributed by atoms with van der Waals surface area (Å²) >= 11 is 0. The van der Waals surface area contributed by atoms with Crippen molar-refractivity contribution in [3.63, 3.8) is 0 Å². The molecule has 2 rings (SSSR count). The van der Waals surface area contributed by atoms with E-state index in [2.05, 4.69) is 19.2 Å². The van der Waals surface area contributed by atoms with E-state index in [4.69, 9.17) is 0 Å². The summed E-state index contributed by atoms with van der Waals surface area (Å²) in [7, 11) is 0. The van der Waals surface area contributed by atoms with Gasteiger partial charge in [-0.2, -0.15) is 0 Å². The van der Waals surface area contributed by atoms with Crippen LogP contribution in [0.3, 0.4) is 0 Å². The Balaban J connectivity index is 1.88. The monoisotopic (exact) mass is 345 g/mol. The second kappa shape index (κ2) is 9.56. The van der Waals surface area contributed by atoms with Gasteiger partial charge in [0.25, 0.3) is 0 Å². The lowest BCUT2D eigenvalue weighted by molar-refractivity contribution is -0.134. The number of aryl methyl sites for hydroxylation is 1. The molecule has 2 amide bonds. The van der Waals surface area contributed by atoms with Crippen LogP contribution < -0.4 is 5.32 Å². The number of nitrogens with one attached hydrogen (secondary N) is 1. The van der Waals surface area contributed by atoms with Gasteiger partial charge < -0.3 is 10.2 Å². The Labute approximate surface area is 151 Å². The summed E-state index contributed by atoms with van der Waals surface area (Å²) in [6, 6.07) is 7.73. The quantitative estimate of drug-likeness (QED) is 0.827. The number of likely N-dealkylation sites (tertiary alicyclic amines) is 1. The van der Waals surface area contributed by atoms with Gasteiger partial charge in [0.2, 0.25) is 11.8 Å². The maximum absolute atomic E-state index is 12.5. The number of amides is 2. The van der Waals surface area contributed by atoms with Crippen LogP contribution in [0, 0.1) is 12.8 Å². The molecule has 1 fully saturated rings. The lowest BCUT2D eigenvalue weighted by Crippen LogP contribution is -2.45. The molecule has 0 aliphatic carbocycles. The highest BCUT2D eigenvalue weighted by Gasteiger charge is 2.22. The minimum Gasteiger partial charge on any atom is -0.342 e. The number of hydrogen-bond donors (Lipinski definition) is 1. The van der Waals surface area contributed by atoms with Crippen molar-refractivity contribution in [2.45, 2.75) is 40.0 Å². The summed E-state index contributed by atoms with van der Waals surface area (Å²) in [4.78, 5) is 28.8. The van der Waals surface area contributed by atoms with Crippen molar-refractivity contribution in [2.75, 3.05) is 38.0 Å². The molecule has 1 aliphatic rings. The first kappa shape index (κ1) is 19.4. The molecular formula is C20H31N3O2. The number of piperidine rings is 1. The maximum Gasteiger partial charge on any atom is 0.238 e. The Morgan fingerprint density at radius 2 is 1.88 bits per heavy atom. The highest BCUT2D eigenvalue weighted by molar-refractivity contribution is 5.93. The Bertz CT molecular complexity index is 580. The molecule has 5 heteroatoms. The summed E-state index contributed by atoms with van der Waals surface area (Å²) in [5.74, 6) is 0.780. The van der Waals surface area contributed by atoms with E-state index in [1.54, 1.807) is 0 Å². The molecule has 1 saturated heterocycles. The van der Waals surface area contributed by atoms with Crippen LogP contribution in [0.5, 0.6) is 0 Å². The third kappa shape index (κ3) is 6.16. The van der Waals surface area contributed by atoms with Gasteiger partial charge in [-0.15, -0.1) is 0 Å². The van der Waals surface area contributed by atoms with Gasteiger partial charge in [0.05, 0.1) is 13.1 Å². The molecule has 25 heavy (non-hydrogen) atoms. The molecule has 1 aromatic carbocycles. The molecule has 1 aliphatic heterocycles. The van der Waals surface area contributed by atoms with Crippen molar-refractivity contribution in [1.82, 2.24) is 9.80 Å². The lowest BCUT2D eigenvalue weighted by atomic mass is 9.99. The molecule has 0 aromatic heterocycles. The molecule has 0 spiro atoms. The first-order valence-corrected chi connectivity index (χ1v) is 9.35. The topological polar surface area (TPSA) is 52.7 Å². The summed E-state index contributed by atoms with van der Waals surface area (Å²) < 4.78 is 0. The number of anilines is 1. The Kier molecular flexibility index (Phi) is 7.44. The van der Waals surface area contributed by atoms with Gasteiger partial charge in [0.15, 0.2) is 0 Å². The third-order valence-electron chi connectivity index (χ3n) is 4.82. The summed E-state index contributed by atoms with van der Waals surface area (Å²) in [5.41, 5.74) is 1.87. The molecule has 1 N–H and O–H groups in total. The van der Waals surface area contributed by atoms with Crippen molar-refractivity contribution in [2.24, 2.45) is 5.92 Å². The highest BCUT2D eigenvalue weighted by atomic mass is 16.2. The average Bonchev–Trinajstić information content (AvgIpc) is 2.57. The largest absolute Gasteiger partial charge is 0.342 e.